The van der Waals surface area contributed by atoms with Gasteiger partial charge in [0.2, 0.25) is 0 Å². The van der Waals surface area contributed by atoms with Gasteiger partial charge >= 0.3 is 6.03 Å². The van der Waals surface area contributed by atoms with Crippen molar-refractivity contribution < 1.29 is 4.79 Å². The number of amides is 2. The molecule has 0 unspecified atom stereocenters. The lowest BCUT2D eigenvalue weighted by molar-refractivity contribution is 0.249. The van der Waals surface area contributed by atoms with Gasteiger partial charge in [0.05, 0.1) is 10.2 Å². The third-order valence-electron chi connectivity index (χ3n) is 1.99. The minimum Gasteiger partial charge on any atom is -0.360 e. The zero-order valence-electron chi connectivity index (χ0n) is 8.56. The smallest absolute Gasteiger partial charge is 0.312 e. The fourth-order valence-electron chi connectivity index (χ4n) is 1.30. The maximum atomic E-state index is 10.4. The monoisotopic (exact) mass is 236 g/mol. The number of carbonyl (C=O) groups excluding carboxylic acids is 1. The van der Waals surface area contributed by atoms with Crippen molar-refractivity contribution in [3.63, 3.8) is 0 Å². The number of anilines is 1. The van der Waals surface area contributed by atoms with Crippen molar-refractivity contribution in [2.75, 3.05) is 18.4 Å². The summed E-state index contributed by atoms with van der Waals surface area (Å²) in [6, 6.07) is 7.43. The number of nitrogens with zero attached hydrogens (tertiary/aromatic N) is 1. The van der Waals surface area contributed by atoms with Gasteiger partial charge in [-0.1, -0.05) is 23.5 Å². The molecular formula is C10H12N4OS. The summed E-state index contributed by atoms with van der Waals surface area (Å²) < 4.78 is 1.15. The Hall–Kier alpha value is -1.82. The third kappa shape index (κ3) is 2.60. The second kappa shape index (κ2) is 4.80. The Labute approximate surface area is 96.7 Å². The molecule has 1 aromatic heterocycles. The average Bonchev–Trinajstić information content (AvgIpc) is 2.66. The Kier molecular flexibility index (Phi) is 3.21. The molecule has 2 aromatic rings. The van der Waals surface area contributed by atoms with Crippen molar-refractivity contribution in [1.82, 2.24) is 10.3 Å². The summed E-state index contributed by atoms with van der Waals surface area (Å²) in [4.78, 5) is 14.8. The van der Waals surface area contributed by atoms with Crippen LogP contribution in [0, 0.1) is 0 Å². The van der Waals surface area contributed by atoms with Gasteiger partial charge in [-0.3, -0.25) is 0 Å². The highest BCUT2D eigenvalue weighted by molar-refractivity contribution is 7.22. The number of carbonyl (C=O) groups is 1. The molecule has 4 N–H and O–H groups in total. The van der Waals surface area contributed by atoms with Crippen LogP contribution in [-0.4, -0.2) is 24.1 Å². The van der Waals surface area contributed by atoms with Crippen LogP contribution in [0.5, 0.6) is 0 Å². The Morgan fingerprint density at radius 1 is 1.38 bits per heavy atom. The number of rotatable bonds is 4. The van der Waals surface area contributed by atoms with E-state index in [1.807, 2.05) is 24.3 Å². The zero-order valence-corrected chi connectivity index (χ0v) is 9.38. The molecule has 0 spiro atoms. The van der Waals surface area contributed by atoms with E-state index in [0.717, 1.165) is 15.3 Å². The quantitative estimate of drug-likeness (QED) is 0.701. The summed E-state index contributed by atoms with van der Waals surface area (Å²) >= 11 is 1.59. The number of nitrogens with two attached hydrogens (primary N) is 1. The molecule has 2 amide bonds. The molecule has 1 aromatic carbocycles. The minimum absolute atomic E-state index is 0.491. The van der Waals surface area contributed by atoms with E-state index in [4.69, 9.17) is 5.73 Å². The number of para-hydroxylation sites is 1. The van der Waals surface area contributed by atoms with Crippen molar-refractivity contribution in [2.24, 2.45) is 5.73 Å². The highest BCUT2D eigenvalue weighted by Crippen LogP contribution is 2.24. The number of thiazole rings is 1. The van der Waals surface area contributed by atoms with Gasteiger partial charge in [0.25, 0.3) is 0 Å². The molecule has 0 saturated heterocycles. The maximum absolute atomic E-state index is 10.4. The van der Waals surface area contributed by atoms with Crippen molar-refractivity contribution in [3.05, 3.63) is 24.3 Å². The van der Waals surface area contributed by atoms with Crippen LogP contribution in [0.4, 0.5) is 9.93 Å². The summed E-state index contributed by atoms with van der Waals surface area (Å²) in [6.07, 6.45) is 0. The Balaban J connectivity index is 1.92. The van der Waals surface area contributed by atoms with Crippen LogP contribution in [0.2, 0.25) is 0 Å². The molecule has 0 aliphatic carbocycles. The molecule has 0 fully saturated rings. The van der Waals surface area contributed by atoms with Gasteiger partial charge in [-0.05, 0) is 12.1 Å². The van der Waals surface area contributed by atoms with Crippen LogP contribution in [0.25, 0.3) is 10.2 Å². The van der Waals surface area contributed by atoms with Crippen molar-refractivity contribution in [1.29, 1.82) is 0 Å². The van der Waals surface area contributed by atoms with Crippen molar-refractivity contribution in [3.8, 4) is 0 Å². The molecule has 0 bridgehead atoms. The van der Waals surface area contributed by atoms with Crippen molar-refractivity contribution >= 4 is 32.7 Å². The number of fused-ring (bicyclic) bond motifs is 1. The van der Waals surface area contributed by atoms with E-state index < -0.39 is 6.03 Å². The van der Waals surface area contributed by atoms with Crippen molar-refractivity contribution in [2.45, 2.75) is 0 Å². The number of hydrogen-bond acceptors (Lipinski definition) is 4. The number of nitrogens with one attached hydrogen (secondary N) is 2. The molecule has 1 heterocycles. The summed E-state index contributed by atoms with van der Waals surface area (Å²) in [5, 5.41) is 6.48. The first-order valence-electron chi connectivity index (χ1n) is 4.88. The zero-order chi connectivity index (χ0) is 11.4. The summed E-state index contributed by atoms with van der Waals surface area (Å²) in [5.74, 6) is 0. The first-order valence-corrected chi connectivity index (χ1v) is 5.70. The Morgan fingerprint density at radius 3 is 2.94 bits per heavy atom. The van der Waals surface area contributed by atoms with Crippen LogP contribution in [0.1, 0.15) is 0 Å². The lowest BCUT2D eigenvalue weighted by Crippen LogP contribution is -2.33. The SMILES string of the molecule is NC(=O)NCCNc1nc2ccccc2s1. The van der Waals surface area contributed by atoms with Gasteiger partial charge in [0.1, 0.15) is 0 Å². The van der Waals surface area contributed by atoms with Gasteiger partial charge in [0.15, 0.2) is 5.13 Å². The predicted octanol–water partition coefficient (Wildman–Crippen LogP) is 1.38. The van der Waals surface area contributed by atoms with Gasteiger partial charge in [-0.25, -0.2) is 9.78 Å². The highest BCUT2D eigenvalue weighted by atomic mass is 32.1. The Morgan fingerprint density at radius 2 is 2.19 bits per heavy atom. The fraction of sp³-hybridized carbons (Fsp3) is 0.200. The first kappa shape index (κ1) is 10.7. The van der Waals surface area contributed by atoms with Crippen LogP contribution < -0.4 is 16.4 Å². The fourth-order valence-corrected chi connectivity index (χ4v) is 2.19. The van der Waals surface area contributed by atoms with E-state index in [1.54, 1.807) is 11.3 Å². The van der Waals surface area contributed by atoms with Gasteiger partial charge < -0.3 is 16.4 Å². The molecule has 0 aliphatic rings. The molecular weight excluding hydrogens is 224 g/mol. The van der Waals surface area contributed by atoms with E-state index in [9.17, 15) is 4.79 Å². The summed E-state index contributed by atoms with van der Waals surface area (Å²) in [7, 11) is 0. The topological polar surface area (TPSA) is 80.0 Å². The van der Waals surface area contributed by atoms with Crippen LogP contribution in [0.15, 0.2) is 24.3 Å². The highest BCUT2D eigenvalue weighted by Gasteiger charge is 2.01. The minimum atomic E-state index is -0.508. The van der Waals surface area contributed by atoms with E-state index in [2.05, 4.69) is 15.6 Å². The third-order valence-corrected chi connectivity index (χ3v) is 2.99. The predicted molar refractivity (Wildman–Crippen MR) is 65.7 cm³/mol. The molecule has 16 heavy (non-hydrogen) atoms. The van der Waals surface area contributed by atoms with E-state index in [-0.39, 0.29) is 0 Å². The number of benzene rings is 1. The van der Waals surface area contributed by atoms with Gasteiger partial charge in [0, 0.05) is 13.1 Å². The average molecular weight is 236 g/mol. The molecule has 0 saturated carbocycles. The molecule has 0 aliphatic heterocycles. The molecule has 6 heteroatoms. The number of urea groups is 1. The Bertz CT molecular complexity index is 463. The lowest BCUT2D eigenvalue weighted by Gasteiger charge is -2.01. The number of aromatic nitrogens is 1. The number of primary amides is 1. The second-order valence-corrected chi connectivity index (χ2v) is 4.24. The molecule has 5 nitrogen and oxygen atoms in total. The standard InChI is InChI=1S/C10H12N4OS/c11-9(15)12-5-6-13-10-14-7-3-1-2-4-8(7)16-10/h1-4H,5-6H2,(H,13,14)(H3,11,12,15). The first-order chi connectivity index (χ1) is 7.75. The van der Waals surface area contributed by atoms with Crippen LogP contribution >= 0.6 is 11.3 Å². The summed E-state index contributed by atoms with van der Waals surface area (Å²) in [6.45, 7) is 1.11. The van der Waals surface area contributed by atoms with Gasteiger partial charge in [-0.15, -0.1) is 0 Å². The lowest BCUT2D eigenvalue weighted by atomic mass is 10.3. The van der Waals surface area contributed by atoms with Gasteiger partial charge in [-0.2, -0.15) is 0 Å². The molecule has 0 radical (unpaired) electrons. The van der Waals surface area contributed by atoms with E-state index in [1.165, 1.54) is 0 Å². The second-order valence-electron chi connectivity index (χ2n) is 3.20. The largest absolute Gasteiger partial charge is 0.360 e. The molecule has 2 rings (SSSR count). The molecule has 0 atom stereocenters. The summed E-state index contributed by atoms with van der Waals surface area (Å²) in [5.41, 5.74) is 5.93. The normalized spacial score (nSPS) is 10.2. The maximum Gasteiger partial charge on any atom is 0.312 e. The molecule has 84 valence electrons. The van der Waals surface area contributed by atoms with E-state index in [0.29, 0.717) is 13.1 Å². The van der Waals surface area contributed by atoms with E-state index >= 15 is 0 Å². The van der Waals surface area contributed by atoms with Crippen LogP contribution in [-0.2, 0) is 0 Å². The number of hydrogen-bond donors (Lipinski definition) is 3. The van der Waals surface area contributed by atoms with Crippen LogP contribution in [0.3, 0.4) is 0 Å².